The molecule has 0 aliphatic carbocycles. The molecule has 8 heteroatoms. The van der Waals surface area contributed by atoms with Crippen molar-refractivity contribution in [1.82, 2.24) is 5.32 Å². The molecule has 3 rings (SSSR count). The van der Waals surface area contributed by atoms with Gasteiger partial charge in [-0.25, -0.2) is 0 Å². The molecule has 0 saturated carbocycles. The average molecular weight is 444 g/mol. The first-order valence-electron chi connectivity index (χ1n) is 7.92. The van der Waals surface area contributed by atoms with E-state index in [1.165, 1.54) is 6.07 Å². The highest BCUT2D eigenvalue weighted by molar-refractivity contribution is 9.10. The van der Waals surface area contributed by atoms with Crippen LogP contribution in [0, 0.1) is 17.0 Å². The molecule has 6 nitrogen and oxygen atoms in total. The van der Waals surface area contributed by atoms with Gasteiger partial charge in [-0.2, -0.15) is 0 Å². The number of halogens is 1. The Morgan fingerprint density at radius 2 is 1.74 bits per heavy atom. The number of nitro benzene ring substituents is 1. The summed E-state index contributed by atoms with van der Waals surface area (Å²) in [5.41, 5.74) is 1.37. The van der Waals surface area contributed by atoms with Gasteiger partial charge in [0, 0.05) is 16.1 Å². The highest BCUT2D eigenvalue weighted by Gasteiger charge is 2.16. The molecular weight excluding hydrogens is 430 g/mol. The normalized spacial score (nSPS) is 10.4. The fraction of sp³-hybridized carbons (Fsp3) is 0.0526. The van der Waals surface area contributed by atoms with Gasteiger partial charge in [0.1, 0.15) is 0 Å². The molecular formula is C19H14BrN3O3S. The molecule has 1 amide bonds. The number of nitrogens with one attached hydrogen (secondary N) is 2. The van der Waals surface area contributed by atoms with E-state index in [2.05, 4.69) is 26.6 Å². The molecule has 136 valence electrons. The summed E-state index contributed by atoms with van der Waals surface area (Å²) in [7, 11) is 0. The molecule has 0 atom stereocenters. The molecule has 0 bridgehead atoms. The fourth-order valence-electron chi connectivity index (χ4n) is 2.75. The molecule has 0 aromatic heterocycles. The standard InChI is InChI=1S/C19H14BrN3O3S/c1-11-16(9-4-10-17(11)23(25)26)21-19(27)22-18(24)14-7-2-6-13-12(14)5-3-8-15(13)20/h2-10H,1H3,(H2,21,22,24,27). The Bertz CT molecular complexity index is 1080. The maximum Gasteiger partial charge on any atom is 0.274 e. The Balaban J connectivity index is 1.82. The average Bonchev–Trinajstić information content (AvgIpc) is 2.63. The van der Waals surface area contributed by atoms with Crippen molar-refractivity contribution in [3.05, 3.63) is 80.3 Å². The zero-order valence-electron chi connectivity index (χ0n) is 14.2. The first-order chi connectivity index (χ1) is 12.9. The van der Waals surface area contributed by atoms with E-state index in [-0.39, 0.29) is 16.7 Å². The van der Waals surface area contributed by atoms with Gasteiger partial charge < -0.3 is 5.32 Å². The minimum Gasteiger partial charge on any atom is -0.332 e. The highest BCUT2D eigenvalue weighted by atomic mass is 79.9. The molecule has 0 radical (unpaired) electrons. The van der Waals surface area contributed by atoms with Gasteiger partial charge in [0.25, 0.3) is 11.6 Å². The van der Waals surface area contributed by atoms with Gasteiger partial charge in [-0.05, 0) is 48.1 Å². The zero-order chi connectivity index (χ0) is 19.6. The topological polar surface area (TPSA) is 84.3 Å². The minimum absolute atomic E-state index is 0.0203. The predicted molar refractivity (Wildman–Crippen MR) is 113 cm³/mol. The number of rotatable bonds is 3. The van der Waals surface area contributed by atoms with Crippen LogP contribution in [0.4, 0.5) is 11.4 Å². The molecule has 0 aliphatic heterocycles. The Labute approximate surface area is 168 Å². The number of carbonyl (C=O) groups excluding carboxylic acids is 1. The zero-order valence-corrected chi connectivity index (χ0v) is 16.6. The van der Waals surface area contributed by atoms with Crippen LogP contribution in [0.5, 0.6) is 0 Å². The lowest BCUT2D eigenvalue weighted by Gasteiger charge is -2.13. The number of hydrogen-bond acceptors (Lipinski definition) is 4. The summed E-state index contributed by atoms with van der Waals surface area (Å²) in [6.45, 7) is 1.62. The van der Waals surface area contributed by atoms with E-state index >= 15 is 0 Å². The number of nitrogens with zero attached hydrogens (tertiary/aromatic N) is 1. The van der Waals surface area contributed by atoms with Gasteiger partial charge in [-0.1, -0.05) is 46.3 Å². The quantitative estimate of drug-likeness (QED) is 0.340. The lowest BCUT2D eigenvalue weighted by molar-refractivity contribution is -0.385. The molecule has 3 aromatic carbocycles. The van der Waals surface area contributed by atoms with Gasteiger partial charge in [0.15, 0.2) is 5.11 Å². The molecule has 2 N–H and O–H groups in total. The number of fused-ring (bicyclic) bond motifs is 1. The smallest absolute Gasteiger partial charge is 0.274 e. The number of carbonyl (C=O) groups is 1. The van der Waals surface area contributed by atoms with Crippen LogP contribution in [-0.4, -0.2) is 15.9 Å². The monoisotopic (exact) mass is 443 g/mol. The fourth-order valence-corrected chi connectivity index (χ4v) is 3.45. The molecule has 0 unspecified atom stereocenters. The van der Waals surface area contributed by atoms with Crippen molar-refractivity contribution in [1.29, 1.82) is 0 Å². The SMILES string of the molecule is Cc1c(NC(=S)NC(=O)c2cccc3c(Br)cccc23)cccc1[N+](=O)[O-]. The molecule has 27 heavy (non-hydrogen) atoms. The van der Waals surface area contributed by atoms with Crippen molar-refractivity contribution in [3.8, 4) is 0 Å². The van der Waals surface area contributed by atoms with Crippen molar-refractivity contribution < 1.29 is 9.72 Å². The molecule has 0 saturated heterocycles. The summed E-state index contributed by atoms with van der Waals surface area (Å²) in [5.74, 6) is -0.362. The molecule has 0 spiro atoms. The van der Waals surface area contributed by atoms with Gasteiger partial charge in [-0.3, -0.25) is 20.2 Å². The lowest BCUT2D eigenvalue weighted by Crippen LogP contribution is -2.34. The van der Waals surface area contributed by atoms with Crippen LogP contribution in [0.3, 0.4) is 0 Å². The Morgan fingerprint density at radius 1 is 1.07 bits per heavy atom. The Kier molecular flexibility index (Phi) is 5.48. The minimum atomic E-state index is -0.462. The largest absolute Gasteiger partial charge is 0.332 e. The van der Waals surface area contributed by atoms with E-state index < -0.39 is 4.92 Å². The third kappa shape index (κ3) is 3.96. The molecule has 0 heterocycles. The van der Waals surface area contributed by atoms with Crippen molar-refractivity contribution in [3.63, 3.8) is 0 Å². The summed E-state index contributed by atoms with van der Waals surface area (Å²) in [5, 5.41) is 18.3. The van der Waals surface area contributed by atoms with Gasteiger partial charge in [-0.15, -0.1) is 0 Å². The highest BCUT2D eigenvalue weighted by Crippen LogP contribution is 2.27. The summed E-state index contributed by atoms with van der Waals surface area (Å²) < 4.78 is 0.891. The van der Waals surface area contributed by atoms with E-state index in [1.54, 1.807) is 31.2 Å². The van der Waals surface area contributed by atoms with Crippen molar-refractivity contribution in [2.75, 3.05) is 5.32 Å². The molecule has 0 aliphatic rings. The number of thiocarbonyl (C=S) groups is 1. The van der Waals surface area contributed by atoms with Crippen LogP contribution in [0.25, 0.3) is 10.8 Å². The Hall–Kier alpha value is -2.84. The summed E-state index contributed by atoms with van der Waals surface area (Å²) >= 11 is 8.68. The second-order valence-corrected chi connectivity index (χ2v) is 7.02. The van der Waals surface area contributed by atoms with E-state index in [4.69, 9.17) is 12.2 Å². The van der Waals surface area contributed by atoms with Gasteiger partial charge in [0.05, 0.1) is 16.2 Å². The summed E-state index contributed by atoms with van der Waals surface area (Å²) in [4.78, 5) is 23.3. The van der Waals surface area contributed by atoms with Crippen molar-refractivity contribution in [2.45, 2.75) is 6.92 Å². The number of amides is 1. The van der Waals surface area contributed by atoms with Crippen LogP contribution >= 0.6 is 28.1 Å². The van der Waals surface area contributed by atoms with E-state index in [9.17, 15) is 14.9 Å². The Morgan fingerprint density at radius 3 is 2.48 bits per heavy atom. The van der Waals surface area contributed by atoms with E-state index in [1.807, 2.05) is 24.3 Å². The van der Waals surface area contributed by atoms with E-state index in [0.717, 1.165) is 15.2 Å². The molecule has 0 fully saturated rings. The predicted octanol–water partition coefficient (Wildman–Crippen LogP) is 4.95. The van der Waals surface area contributed by atoms with Crippen LogP contribution in [0.1, 0.15) is 15.9 Å². The summed E-state index contributed by atoms with van der Waals surface area (Å²) in [6.07, 6.45) is 0. The van der Waals surface area contributed by atoms with Crippen LogP contribution in [-0.2, 0) is 0 Å². The number of anilines is 1. The number of nitro groups is 1. The van der Waals surface area contributed by atoms with Crippen LogP contribution in [0.2, 0.25) is 0 Å². The van der Waals surface area contributed by atoms with Crippen LogP contribution in [0.15, 0.2) is 59.1 Å². The second kappa shape index (κ2) is 7.81. The van der Waals surface area contributed by atoms with E-state index in [0.29, 0.717) is 16.8 Å². The first kappa shape index (κ1) is 18.9. The summed E-state index contributed by atoms with van der Waals surface area (Å²) in [6, 6.07) is 15.7. The van der Waals surface area contributed by atoms with Crippen molar-refractivity contribution in [2.24, 2.45) is 0 Å². The van der Waals surface area contributed by atoms with Crippen molar-refractivity contribution >= 4 is 61.3 Å². The third-order valence-electron chi connectivity index (χ3n) is 4.09. The first-order valence-corrected chi connectivity index (χ1v) is 9.12. The maximum atomic E-state index is 12.7. The van der Waals surface area contributed by atoms with Gasteiger partial charge in [0.2, 0.25) is 0 Å². The van der Waals surface area contributed by atoms with Gasteiger partial charge >= 0.3 is 0 Å². The second-order valence-electron chi connectivity index (χ2n) is 5.76. The molecule has 3 aromatic rings. The number of benzene rings is 3. The third-order valence-corrected chi connectivity index (χ3v) is 4.99. The number of hydrogen-bond donors (Lipinski definition) is 2. The maximum absolute atomic E-state index is 12.7. The lowest BCUT2D eigenvalue weighted by atomic mass is 10.0. The van der Waals surface area contributed by atoms with Crippen LogP contribution < -0.4 is 10.6 Å².